The van der Waals surface area contributed by atoms with Gasteiger partial charge in [-0.05, 0) is 26.3 Å². The zero-order valence-electron chi connectivity index (χ0n) is 20.6. The van der Waals surface area contributed by atoms with Crippen molar-refractivity contribution < 1.29 is 29.2 Å². The summed E-state index contributed by atoms with van der Waals surface area (Å²) in [5.74, 6) is 0.641. The molecule has 190 valence electrons. The van der Waals surface area contributed by atoms with Crippen molar-refractivity contribution >= 4 is 6.09 Å². The highest BCUT2D eigenvalue weighted by Crippen LogP contribution is 2.29. The van der Waals surface area contributed by atoms with E-state index in [-0.39, 0.29) is 30.1 Å². The molecule has 0 aliphatic carbocycles. The van der Waals surface area contributed by atoms with E-state index < -0.39 is 5.60 Å². The summed E-state index contributed by atoms with van der Waals surface area (Å²) in [6, 6.07) is 10.5. The molecule has 4 heterocycles. The van der Waals surface area contributed by atoms with Crippen molar-refractivity contribution in [2.75, 3.05) is 52.6 Å². The molecule has 34 heavy (non-hydrogen) atoms. The SMILES string of the molecule is CC(C)(C)OC(=O)N1CC2COCC(C1)C2O.OC1C2COCC1CN(Cc1ccccc1)C2. The van der Waals surface area contributed by atoms with Crippen molar-refractivity contribution in [3.05, 3.63) is 35.9 Å². The van der Waals surface area contributed by atoms with Crippen LogP contribution < -0.4 is 0 Å². The fourth-order valence-corrected chi connectivity index (χ4v) is 5.37. The van der Waals surface area contributed by atoms with Crippen LogP contribution >= 0.6 is 0 Å². The third-order valence-corrected chi connectivity index (χ3v) is 7.06. The summed E-state index contributed by atoms with van der Waals surface area (Å²) < 4.78 is 16.3. The van der Waals surface area contributed by atoms with Crippen LogP contribution in [0.25, 0.3) is 0 Å². The van der Waals surface area contributed by atoms with Gasteiger partial charge >= 0.3 is 6.09 Å². The summed E-state index contributed by atoms with van der Waals surface area (Å²) in [5.41, 5.74) is 0.876. The first-order valence-electron chi connectivity index (χ1n) is 12.5. The number of amides is 1. The van der Waals surface area contributed by atoms with Gasteiger partial charge in [-0.1, -0.05) is 30.3 Å². The number of carbonyl (C=O) groups is 1. The molecule has 4 atom stereocenters. The van der Waals surface area contributed by atoms with Gasteiger partial charge in [-0.15, -0.1) is 0 Å². The lowest BCUT2D eigenvalue weighted by Crippen LogP contribution is -2.57. The average Bonchev–Trinajstić information content (AvgIpc) is 2.74. The Morgan fingerprint density at radius 3 is 1.82 bits per heavy atom. The Balaban J connectivity index is 0.000000161. The van der Waals surface area contributed by atoms with E-state index in [1.54, 1.807) is 4.90 Å². The van der Waals surface area contributed by atoms with Gasteiger partial charge in [-0.25, -0.2) is 4.79 Å². The van der Waals surface area contributed by atoms with Crippen LogP contribution in [-0.2, 0) is 20.8 Å². The van der Waals surface area contributed by atoms with E-state index in [9.17, 15) is 15.0 Å². The molecule has 4 fully saturated rings. The molecule has 4 unspecified atom stereocenters. The topological polar surface area (TPSA) is 91.7 Å². The highest BCUT2D eigenvalue weighted by Gasteiger charge is 2.42. The van der Waals surface area contributed by atoms with E-state index in [0.29, 0.717) is 51.4 Å². The van der Waals surface area contributed by atoms with Gasteiger partial charge in [0.25, 0.3) is 0 Å². The fraction of sp³-hybridized carbons (Fsp3) is 0.731. The van der Waals surface area contributed by atoms with Crippen molar-refractivity contribution in [1.82, 2.24) is 9.80 Å². The summed E-state index contributed by atoms with van der Waals surface area (Å²) in [4.78, 5) is 16.1. The van der Waals surface area contributed by atoms with Crippen LogP contribution in [0.3, 0.4) is 0 Å². The van der Waals surface area contributed by atoms with E-state index in [4.69, 9.17) is 14.2 Å². The molecule has 0 spiro atoms. The predicted molar refractivity (Wildman–Crippen MR) is 127 cm³/mol. The van der Waals surface area contributed by atoms with E-state index in [0.717, 1.165) is 19.6 Å². The van der Waals surface area contributed by atoms with Gasteiger partial charge in [-0.2, -0.15) is 0 Å². The Morgan fingerprint density at radius 2 is 1.35 bits per heavy atom. The number of aliphatic hydroxyl groups excluding tert-OH is 2. The summed E-state index contributed by atoms with van der Waals surface area (Å²) >= 11 is 0. The molecule has 8 heteroatoms. The largest absolute Gasteiger partial charge is 0.444 e. The van der Waals surface area contributed by atoms with Crippen LogP contribution in [0.15, 0.2) is 30.3 Å². The molecular formula is C26H40N2O6. The van der Waals surface area contributed by atoms with Crippen molar-refractivity contribution in [3.8, 4) is 0 Å². The first kappa shape index (κ1) is 25.4. The van der Waals surface area contributed by atoms with Crippen LogP contribution in [0, 0.1) is 23.7 Å². The minimum absolute atomic E-state index is 0.0232. The number of fused-ring (bicyclic) bond motifs is 4. The number of ether oxygens (including phenoxy) is 3. The number of piperidine rings is 2. The Labute approximate surface area is 202 Å². The molecule has 1 amide bonds. The molecule has 1 aromatic carbocycles. The second kappa shape index (κ2) is 10.9. The molecule has 4 aliphatic heterocycles. The predicted octanol–water partition coefficient (Wildman–Crippen LogP) is 1.99. The average molecular weight is 477 g/mol. The Hall–Kier alpha value is -1.71. The van der Waals surface area contributed by atoms with Gasteiger partial charge < -0.3 is 29.3 Å². The first-order chi connectivity index (χ1) is 16.2. The zero-order valence-corrected chi connectivity index (χ0v) is 20.6. The second-order valence-corrected chi connectivity index (χ2v) is 11.2. The van der Waals surface area contributed by atoms with Gasteiger partial charge in [0.2, 0.25) is 0 Å². The number of aliphatic hydroxyl groups is 2. The standard InChI is InChI=1S/C14H19NO2.C12H21NO4/c16-14-12-7-15(8-13(14)10-17-9-12)6-11-4-2-1-3-5-11;1-12(2,3)17-11(15)13-4-8-6-16-7-9(5-13)10(8)14/h1-5,12-14,16H,6-10H2;8-10,14H,4-7H2,1-3H3. The van der Waals surface area contributed by atoms with Crippen LogP contribution in [0.2, 0.25) is 0 Å². The second-order valence-electron chi connectivity index (χ2n) is 11.2. The minimum atomic E-state index is -0.473. The molecule has 4 saturated heterocycles. The summed E-state index contributed by atoms with van der Waals surface area (Å²) in [6.07, 6.45) is -0.792. The Kier molecular flexibility index (Phi) is 8.15. The maximum Gasteiger partial charge on any atom is 0.410 e. The quantitative estimate of drug-likeness (QED) is 0.675. The summed E-state index contributed by atoms with van der Waals surface area (Å²) in [7, 11) is 0. The normalized spacial score (nSPS) is 33.5. The lowest BCUT2D eigenvalue weighted by molar-refractivity contribution is -0.125. The number of hydrogen-bond acceptors (Lipinski definition) is 7. The van der Waals surface area contributed by atoms with Crippen LogP contribution in [0.5, 0.6) is 0 Å². The zero-order chi connectivity index (χ0) is 24.3. The van der Waals surface area contributed by atoms with Gasteiger partial charge in [0, 0.05) is 56.4 Å². The summed E-state index contributed by atoms with van der Waals surface area (Å²) in [5, 5.41) is 20.0. The van der Waals surface area contributed by atoms with E-state index in [1.165, 1.54) is 5.56 Å². The van der Waals surface area contributed by atoms with Gasteiger partial charge in [0.05, 0.1) is 38.6 Å². The lowest BCUT2D eigenvalue weighted by atomic mass is 9.84. The van der Waals surface area contributed by atoms with Crippen LogP contribution in [0.4, 0.5) is 4.79 Å². The molecule has 2 N–H and O–H groups in total. The number of rotatable bonds is 2. The number of nitrogens with zero attached hydrogens (tertiary/aromatic N) is 2. The van der Waals surface area contributed by atoms with E-state index in [1.807, 2.05) is 26.8 Å². The molecule has 4 bridgehead atoms. The third-order valence-electron chi connectivity index (χ3n) is 7.06. The van der Waals surface area contributed by atoms with Crippen molar-refractivity contribution in [2.24, 2.45) is 23.7 Å². The van der Waals surface area contributed by atoms with Crippen molar-refractivity contribution in [1.29, 1.82) is 0 Å². The number of carbonyl (C=O) groups excluding carboxylic acids is 1. The van der Waals surface area contributed by atoms with Crippen LogP contribution in [0.1, 0.15) is 26.3 Å². The third kappa shape index (κ3) is 6.49. The van der Waals surface area contributed by atoms with Crippen LogP contribution in [-0.4, -0.2) is 96.5 Å². The number of hydrogen-bond donors (Lipinski definition) is 2. The Bertz CT molecular complexity index is 772. The highest BCUT2D eigenvalue weighted by molar-refractivity contribution is 5.68. The Morgan fingerprint density at radius 1 is 0.882 bits per heavy atom. The van der Waals surface area contributed by atoms with Gasteiger partial charge in [-0.3, -0.25) is 4.90 Å². The van der Waals surface area contributed by atoms with Gasteiger partial charge in [0.15, 0.2) is 0 Å². The summed E-state index contributed by atoms with van der Waals surface area (Å²) in [6.45, 7) is 12.0. The van der Waals surface area contributed by atoms with Crippen molar-refractivity contribution in [2.45, 2.75) is 45.1 Å². The molecule has 1 aromatic rings. The van der Waals surface area contributed by atoms with Crippen molar-refractivity contribution in [3.63, 3.8) is 0 Å². The number of likely N-dealkylation sites (tertiary alicyclic amines) is 2. The van der Waals surface area contributed by atoms with E-state index >= 15 is 0 Å². The monoisotopic (exact) mass is 476 g/mol. The number of benzene rings is 1. The molecule has 5 rings (SSSR count). The highest BCUT2D eigenvalue weighted by atomic mass is 16.6. The van der Waals surface area contributed by atoms with E-state index in [2.05, 4.69) is 29.2 Å². The lowest BCUT2D eigenvalue weighted by Gasteiger charge is -2.44. The maximum atomic E-state index is 11.9. The first-order valence-corrected chi connectivity index (χ1v) is 12.5. The molecule has 4 aliphatic rings. The molecular weight excluding hydrogens is 436 g/mol. The molecule has 0 radical (unpaired) electrons. The maximum absolute atomic E-state index is 11.9. The molecule has 0 saturated carbocycles. The molecule has 0 aromatic heterocycles. The molecule has 8 nitrogen and oxygen atoms in total. The smallest absolute Gasteiger partial charge is 0.410 e. The minimum Gasteiger partial charge on any atom is -0.444 e. The van der Waals surface area contributed by atoms with Gasteiger partial charge in [0.1, 0.15) is 5.60 Å². The fourth-order valence-electron chi connectivity index (χ4n) is 5.37.